The number of rotatable bonds is 6. The Morgan fingerprint density at radius 2 is 1.36 bits per heavy atom. The van der Waals surface area contributed by atoms with E-state index in [-0.39, 0.29) is 29.5 Å². The van der Waals surface area contributed by atoms with Gasteiger partial charge in [0.15, 0.2) is 29.1 Å². The van der Waals surface area contributed by atoms with Crippen LogP contribution in [-0.2, 0) is 12.8 Å². The van der Waals surface area contributed by atoms with E-state index in [9.17, 15) is 22.0 Å². The fraction of sp³-hybridized carbons (Fsp3) is 0.286. The van der Waals surface area contributed by atoms with Crippen molar-refractivity contribution in [2.75, 3.05) is 0 Å². The molecule has 0 atom stereocenters. The van der Waals surface area contributed by atoms with E-state index in [1.807, 2.05) is 30.3 Å². The second-order valence-electron chi connectivity index (χ2n) is 8.74. The molecule has 3 aromatic carbocycles. The predicted molar refractivity (Wildman–Crippen MR) is 120 cm³/mol. The summed E-state index contributed by atoms with van der Waals surface area (Å²) >= 11 is 0. The molecule has 5 heteroatoms. The number of halogens is 5. The van der Waals surface area contributed by atoms with E-state index >= 15 is 0 Å². The molecule has 0 aromatic heterocycles. The third-order valence-corrected chi connectivity index (χ3v) is 6.69. The van der Waals surface area contributed by atoms with Gasteiger partial charge in [0.1, 0.15) is 0 Å². The van der Waals surface area contributed by atoms with Gasteiger partial charge in [0, 0.05) is 5.56 Å². The number of benzene rings is 3. The van der Waals surface area contributed by atoms with Gasteiger partial charge in [-0.3, -0.25) is 0 Å². The Kier molecular flexibility index (Phi) is 6.96. The van der Waals surface area contributed by atoms with Crippen LogP contribution in [0, 0.1) is 35.0 Å². The first-order chi connectivity index (χ1) is 15.9. The van der Waals surface area contributed by atoms with Crippen molar-refractivity contribution in [3.8, 4) is 11.1 Å². The van der Waals surface area contributed by atoms with Gasteiger partial charge in [-0.2, -0.15) is 0 Å². The maximum Gasteiger partial charge on any atom is 0.194 e. The van der Waals surface area contributed by atoms with E-state index in [1.54, 1.807) is 0 Å². The van der Waals surface area contributed by atoms with Gasteiger partial charge in [-0.05, 0) is 84.7 Å². The average molecular weight is 456 g/mol. The number of aryl methyl sites for hydroxylation is 2. The van der Waals surface area contributed by atoms with Gasteiger partial charge in [-0.1, -0.05) is 42.5 Å². The lowest BCUT2D eigenvalue weighted by molar-refractivity contribution is 0.376. The zero-order valence-electron chi connectivity index (χ0n) is 18.2. The Hall–Kier alpha value is -2.95. The third-order valence-electron chi connectivity index (χ3n) is 6.69. The van der Waals surface area contributed by atoms with Gasteiger partial charge in [0.25, 0.3) is 0 Å². The second-order valence-corrected chi connectivity index (χ2v) is 8.74. The molecule has 4 rings (SSSR count). The fourth-order valence-corrected chi connectivity index (χ4v) is 4.66. The zero-order valence-corrected chi connectivity index (χ0v) is 18.2. The molecule has 0 heterocycles. The molecule has 0 bridgehead atoms. The Bertz CT molecular complexity index is 1120. The van der Waals surface area contributed by atoms with Crippen molar-refractivity contribution in [1.82, 2.24) is 0 Å². The van der Waals surface area contributed by atoms with Gasteiger partial charge < -0.3 is 0 Å². The Morgan fingerprint density at radius 1 is 0.727 bits per heavy atom. The quantitative estimate of drug-likeness (QED) is 0.199. The highest BCUT2D eigenvalue weighted by Gasteiger charge is 2.21. The molecule has 0 saturated heterocycles. The van der Waals surface area contributed by atoms with Crippen LogP contribution in [0.3, 0.4) is 0 Å². The molecule has 1 saturated carbocycles. The summed E-state index contributed by atoms with van der Waals surface area (Å²) in [4.78, 5) is 0. The lowest BCUT2D eigenvalue weighted by atomic mass is 9.78. The van der Waals surface area contributed by atoms with Gasteiger partial charge in [-0.15, -0.1) is 6.58 Å². The summed E-state index contributed by atoms with van der Waals surface area (Å²) in [5.74, 6) is -5.03. The minimum Gasteiger partial charge on any atom is -0.204 e. The summed E-state index contributed by atoms with van der Waals surface area (Å²) in [5, 5.41) is 0. The summed E-state index contributed by atoms with van der Waals surface area (Å²) in [6, 6.07) is 12.3. The number of hydrogen-bond acceptors (Lipinski definition) is 0. The van der Waals surface area contributed by atoms with Crippen molar-refractivity contribution in [3.05, 3.63) is 107 Å². The molecule has 1 aliphatic rings. The molecular formula is C28H25F5. The maximum absolute atomic E-state index is 14.8. The van der Waals surface area contributed by atoms with Gasteiger partial charge in [0.2, 0.25) is 0 Å². The van der Waals surface area contributed by atoms with Crippen LogP contribution >= 0.6 is 0 Å². The monoisotopic (exact) mass is 456 g/mol. The Labute approximate surface area is 190 Å². The molecule has 3 aromatic rings. The van der Waals surface area contributed by atoms with Crippen LogP contribution in [0.5, 0.6) is 0 Å². The Morgan fingerprint density at radius 3 is 1.97 bits per heavy atom. The van der Waals surface area contributed by atoms with Crippen molar-refractivity contribution < 1.29 is 22.0 Å². The SMILES string of the molecule is C=CC1CCC(c2ccc(-c3ccc(CCc4cc(F)c(F)c(F)c4)c(F)c3F)cc2)CC1. The standard InChI is InChI=1S/C28H25F5/c1-2-17-3-6-19(7-4-17)20-9-11-21(12-10-20)23-14-13-22(26(31)27(23)32)8-5-18-15-24(29)28(33)25(30)16-18/h2,9-17,19H,1,3-8H2. The van der Waals surface area contributed by atoms with Crippen molar-refractivity contribution in [3.63, 3.8) is 0 Å². The van der Waals surface area contributed by atoms with Crippen molar-refractivity contribution in [1.29, 1.82) is 0 Å². The van der Waals surface area contributed by atoms with Crippen LogP contribution < -0.4 is 0 Å². The molecule has 0 N–H and O–H groups in total. The molecule has 0 unspecified atom stereocenters. The van der Waals surface area contributed by atoms with Gasteiger partial charge in [-0.25, -0.2) is 22.0 Å². The van der Waals surface area contributed by atoms with Crippen LogP contribution in [0.15, 0.2) is 61.2 Å². The van der Waals surface area contributed by atoms with Crippen molar-refractivity contribution in [2.24, 2.45) is 5.92 Å². The third kappa shape index (κ3) is 5.02. The molecule has 1 aliphatic carbocycles. The van der Waals surface area contributed by atoms with Crippen LogP contribution in [0.2, 0.25) is 0 Å². The summed E-state index contributed by atoms with van der Waals surface area (Å²) in [6.45, 7) is 3.88. The Balaban J connectivity index is 1.47. The highest BCUT2D eigenvalue weighted by atomic mass is 19.2. The molecule has 1 fully saturated rings. The van der Waals surface area contributed by atoms with Gasteiger partial charge >= 0.3 is 0 Å². The smallest absolute Gasteiger partial charge is 0.194 e. The van der Waals surface area contributed by atoms with E-state index in [2.05, 4.69) is 6.58 Å². The van der Waals surface area contributed by atoms with E-state index in [4.69, 9.17) is 0 Å². The minimum atomic E-state index is -1.55. The van der Waals surface area contributed by atoms with Crippen molar-refractivity contribution in [2.45, 2.75) is 44.4 Å². The molecule has 33 heavy (non-hydrogen) atoms. The molecule has 172 valence electrons. The van der Waals surface area contributed by atoms with Crippen LogP contribution in [0.1, 0.15) is 48.3 Å². The summed E-state index contributed by atoms with van der Waals surface area (Å²) in [7, 11) is 0. The normalized spacial score (nSPS) is 18.3. The topological polar surface area (TPSA) is 0 Å². The first-order valence-electron chi connectivity index (χ1n) is 11.2. The average Bonchev–Trinajstić information content (AvgIpc) is 2.83. The molecular weight excluding hydrogens is 431 g/mol. The van der Waals surface area contributed by atoms with E-state index in [0.717, 1.165) is 37.8 Å². The van der Waals surface area contributed by atoms with E-state index in [0.29, 0.717) is 17.4 Å². The van der Waals surface area contributed by atoms with Crippen LogP contribution in [0.25, 0.3) is 11.1 Å². The first kappa shape index (κ1) is 23.2. The first-order valence-corrected chi connectivity index (χ1v) is 11.2. The number of allylic oxidation sites excluding steroid dienone is 1. The molecule has 0 spiro atoms. The molecule has 0 radical (unpaired) electrons. The molecule has 0 aliphatic heterocycles. The van der Waals surface area contributed by atoms with Gasteiger partial charge in [0.05, 0.1) is 0 Å². The maximum atomic E-state index is 14.8. The lowest BCUT2D eigenvalue weighted by Crippen LogP contribution is -2.11. The zero-order chi connectivity index (χ0) is 23.5. The molecule has 0 amide bonds. The number of hydrogen-bond donors (Lipinski definition) is 0. The predicted octanol–water partition coefficient (Wildman–Crippen LogP) is 8.29. The largest absolute Gasteiger partial charge is 0.204 e. The second kappa shape index (κ2) is 9.90. The van der Waals surface area contributed by atoms with Crippen LogP contribution in [-0.4, -0.2) is 0 Å². The summed E-state index contributed by atoms with van der Waals surface area (Å²) < 4.78 is 69.4. The fourth-order valence-electron chi connectivity index (χ4n) is 4.66. The minimum absolute atomic E-state index is 0.0276. The summed E-state index contributed by atoms with van der Waals surface area (Å²) in [5.41, 5.74) is 2.23. The highest BCUT2D eigenvalue weighted by molar-refractivity contribution is 5.65. The van der Waals surface area contributed by atoms with E-state index in [1.165, 1.54) is 17.7 Å². The van der Waals surface area contributed by atoms with E-state index < -0.39 is 29.1 Å². The molecule has 0 nitrogen and oxygen atoms in total. The summed E-state index contributed by atoms with van der Waals surface area (Å²) in [6.07, 6.45) is 6.52. The highest BCUT2D eigenvalue weighted by Crippen LogP contribution is 2.37. The van der Waals surface area contributed by atoms with Crippen LogP contribution in [0.4, 0.5) is 22.0 Å². The lowest BCUT2D eigenvalue weighted by Gasteiger charge is -2.27. The van der Waals surface area contributed by atoms with Crippen molar-refractivity contribution >= 4 is 0 Å².